The molecule has 1 amide bonds. The first kappa shape index (κ1) is 22.8. The molecular weight excluding hydrogens is 448 g/mol. The lowest BCUT2D eigenvalue weighted by Gasteiger charge is -2.26. The van der Waals surface area contributed by atoms with Gasteiger partial charge in [0.15, 0.2) is 6.61 Å². The minimum absolute atomic E-state index is 0.115. The maximum atomic E-state index is 12.9. The summed E-state index contributed by atoms with van der Waals surface area (Å²) in [6.45, 7) is 3.03. The van der Waals surface area contributed by atoms with Gasteiger partial charge in [0.05, 0.1) is 18.1 Å². The summed E-state index contributed by atoms with van der Waals surface area (Å²) in [7, 11) is -3.67. The third kappa shape index (κ3) is 5.72. The molecule has 1 saturated heterocycles. The molecule has 3 aromatic rings. The number of nitrogens with one attached hydrogen (secondary N) is 1. The zero-order valence-electron chi connectivity index (χ0n) is 18.0. The molecule has 174 valence electrons. The average Bonchev–Trinajstić information content (AvgIpc) is 3.27. The number of para-hydroxylation sites is 1. The van der Waals surface area contributed by atoms with Gasteiger partial charge in [-0.2, -0.15) is 9.10 Å². The maximum Gasteiger partial charge on any atom is 0.248 e. The molecule has 1 aliphatic rings. The molecule has 0 bridgehead atoms. The summed E-state index contributed by atoms with van der Waals surface area (Å²) in [4.78, 5) is 13.8. The van der Waals surface area contributed by atoms with E-state index < -0.39 is 15.9 Å². The second kappa shape index (κ2) is 10.1. The van der Waals surface area contributed by atoms with Crippen molar-refractivity contribution in [2.24, 2.45) is 0 Å². The largest absolute Gasteiger partial charge is 0.485 e. The molecule has 0 radical (unpaired) electrons. The van der Waals surface area contributed by atoms with Crippen LogP contribution in [0.2, 0.25) is 0 Å². The SMILES string of the molecule is Cc1ccc(S(=O)(=O)N2CCOCC2)cc1NC(=O)Cn1nnc(COc2ccccc2)n1. The van der Waals surface area contributed by atoms with Gasteiger partial charge in [-0.3, -0.25) is 4.79 Å². The number of tetrazole rings is 1. The molecule has 0 saturated carbocycles. The Balaban J connectivity index is 1.38. The Kier molecular flexibility index (Phi) is 6.96. The predicted octanol–water partition coefficient (Wildman–Crippen LogP) is 1.22. The molecule has 33 heavy (non-hydrogen) atoms. The number of carbonyl (C=O) groups excluding carboxylic acids is 1. The van der Waals surface area contributed by atoms with Crippen LogP contribution in [0.25, 0.3) is 0 Å². The molecule has 1 fully saturated rings. The van der Waals surface area contributed by atoms with Crippen molar-refractivity contribution in [2.75, 3.05) is 31.6 Å². The number of aromatic nitrogens is 4. The minimum Gasteiger partial charge on any atom is -0.485 e. The molecular formula is C21H24N6O5S. The zero-order valence-corrected chi connectivity index (χ0v) is 18.9. The molecule has 2 aromatic carbocycles. The number of rotatable bonds is 8. The molecule has 4 rings (SSSR count). The van der Waals surface area contributed by atoms with E-state index in [1.54, 1.807) is 13.0 Å². The lowest BCUT2D eigenvalue weighted by atomic mass is 10.2. The van der Waals surface area contributed by atoms with Crippen molar-refractivity contribution in [1.29, 1.82) is 0 Å². The average molecular weight is 473 g/mol. The molecule has 12 heteroatoms. The Morgan fingerprint density at radius 1 is 1.15 bits per heavy atom. The molecule has 0 spiro atoms. The predicted molar refractivity (Wildman–Crippen MR) is 118 cm³/mol. The van der Waals surface area contributed by atoms with Crippen molar-refractivity contribution in [3.05, 3.63) is 59.9 Å². The number of amides is 1. The summed E-state index contributed by atoms with van der Waals surface area (Å²) >= 11 is 0. The molecule has 1 aromatic heterocycles. The van der Waals surface area contributed by atoms with E-state index in [2.05, 4.69) is 20.7 Å². The van der Waals surface area contributed by atoms with Crippen molar-refractivity contribution in [3.63, 3.8) is 0 Å². The number of benzene rings is 2. The Labute approximate surface area is 191 Å². The first-order chi connectivity index (χ1) is 15.9. The van der Waals surface area contributed by atoms with Gasteiger partial charge in [0.1, 0.15) is 12.3 Å². The van der Waals surface area contributed by atoms with Gasteiger partial charge >= 0.3 is 0 Å². The number of ether oxygens (including phenoxy) is 2. The Bertz CT molecular complexity index is 1210. The smallest absolute Gasteiger partial charge is 0.248 e. The second-order valence-electron chi connectivity index (χ2n) is 7.38. The van der Waals surface area contributed by atoms with Crippen LogP contribution in [0.15, 0.2) is 53.4 Å². The highest BCUT2D eigenvalue weighted by Crippen LogP contribution is 2.23. The van der Waals surface area contributed by atoms with Gasteiger partial charge in [-0.05, 0) is 42.0 Å². The summed E-state index contributed by atoms with van der Waals surface area (Å²) in [6, 6.07) is 13.9. The van der Waals surface area contributed by atoms with Crippen LogP contribution in [0.3, 0.4) is 0 Å². The molecule has 1 aliphatic heterocycles. The highest BCUT2D eigenvalue weighted by molar-refractivity contribution is 7.89. The highest BCUT2D eigenvalue weighted by Gasteiger charge is 2.27. The van der Waals surface area contributed by atoms with Crippen molar-refractivity contribution < 1.29 is 22.7 Å². The first-order valence-electron chi connectivity index (χ1n) is 10.3. The van der Waals surface area contributed by atoms with Crippen molar-refractivity contribution in [3.8, 4) is 5.75 Å². The summed E-state index contributed by atoms with van der Waals surface area (Å²) in [5, 5.41) is 14.6. The van der Waals surface area contributed by atoms with Crippen LogP contribution in [0.1, 0.15) is 11.4 Å². The molecule has 11 nitrogen and oxygen atoms in total. The number of aryl methyl sites for hydroxylation is 1. The molecule has 0 unspecified atom stereocenters. The van der Waals surface area contributed by atoms with Gasteiger partial charge < -0.3 is 14.8 Å². The van der Waals surface area contributed by atoms with Gasteiger partial charge in [-0.25, -0.2) is 8.42 Å². The summed E-state index contributed by atoms with van der Waals surface area (Å²) in [5.74, 6) is 0.599. The van der Waals surface area contributed by atoms with E-state index >= 15 is 0 Å². The summed E-state index contributed by atoms with van der Waals surface area (Å²) < 4.78 is 38.0. The lowest BCUT2D eigenvalue weighted by molar-refractivity contribution is -0.117. The van der Waals surface area contributed by atoms with Crippen molar-refractivity contribution in [1.82, 2.24) is 24.5 Å². The number of anilines is 1. The fourth-order valence-corrected chi connectivity index (χ4v) is 4.65. The molecule has 0 aliphatic carbocycles. The van der Waals surface area contributed by atoms with E-state index in [0.717, 1.165) is 10.4 Å². The fraction of sp³-hybridized carbons (Fsp3) is 0.333. The normalized spacial score (nSPS) is 14.7. The van der Waals surface area contributed by atoms with Crippen LogP contribution in [0.4, 0.5) is 5.69 Å². The van der Waals surface area contributed by atoms with E-state index in [9.17, 15) is 13.2 Å². The monoisotopic (exact) mass is 472 g/mol. The topological polar surface area (TPSA) is 129 Å². The Morgan fingerprint density at radius 3 is 2.67 bits per heavy atom. The van der Waals surface area contributed by atoms with Gasteiger partial charge in [-0.15, -0.1) is 10.2 Å². The van der Waals surface area contributed by atoms with Gasteiger partial charge in [0.2, 0.25) is 21.8 Å². The van der Waals surface area contributed by atoms with E-state index in [1.165, 1.54) is 16.4 Å². The maximum absolute atomic E-state index is 12.9. The standard InChI is InChI=1S/C21H24N6O5S/c1-16-7-8-18(33(29,30)26-9-11-31-12-10-26)13-19(16)22-21(28)14-27-24-20(23-25-27)15-32-17-5-3-2-4-6-17/h2-8,13H,9-12,14-15H2,1H3,(H,22,28). The molecule has 2 heterocycles. The Hall–Kier alpha value is -3.35. The van der Waals surface area contributed by atoms with Crippen molar-refractivity contribution >= 4 is 21.6 Å². The fourth-order valence-electron chi connectivity index (χ4n) is 3.22. The third-order valence-corrected chi connectivity index (χ3v) is 6.88. The van der Waals surface area contributed by atoms with Gasteiger partial charge in [0, 0.05) is 18.8 Å². The van der Waals surface area contributed by atoms with Crippen LogP contribution in [0.5, 0.6) is 5.75 Å². The second-order valence-corrected chi connectivity index (χ2v) is 9.32. The lowest BCUT2D eigenvalue weighted by Crippen LogP contribution is -2.40. The number of morpholine rings is 1. The first-order valence-corrected chi connectivity index (χ1v) is 11.8. The number of hydrogen-bond donors (Lipinski definition) is 1. The van der Waals surface area contributed by atoms with Crippen LogP contribution in [0, 0.1) is 6.92 Å². The van der Waals surface area contributed by atoms with Crippen LogP contribution < -0.4 is 10.1 Å². The molecule has 1 N–H and O–H groups in total. The Morgan fingerprint density at radius 2 is 1.91 bits per heavy atom. The van der Waals surface area contributed by atoms with Crippen LogP contribution >= 0.6 is 0 Å². The number of carbonyl (C=O) groups is 1. The quantitative estimate of drug-likeness (QED) is 0.518. The van der Waals surface area contributed by atoms with Crippen LogP contribution in [-0.4, -0.2) is 65.1 Å². The highest BCUT2D eigenvalue weighted by atomic mass is 32.2. The summed E-state index contributed by atoms with van der Waals surface area (Å²) in [5.41, 5.74) is 1.13. The minimum atomic E-state index is -3.67. The number of hydrogen-bond acceptors (Lipinski definition) is 8. The number of sulfonamides is 1. The zero-order chi connectivity index (χ0) is 23.3. The number of nitrogens with zero attached hydrogens (tertiary/aromatic N) is 5. The van der Waals surface area contributed by atoms with E-state index in [4.69, 9.17) is 9.47 Å². The third-order valence-electron chi connectivity index (χ3n) is 4.98. The molecule has 0 atom stereocenters. The van der Waals surface area contributed by atoms with Crippen LogP contribution in [-0.2, 0) is 32.7 Å². The van der Waals surface area contributed by atoms with Crippen molar-refractivity contribution in [2.45, 2.75) is 25.0 Å². The summed E-state index contributed by atoms with van der Waals surface area (Å²) in [6.07, 6.45) is 0. The van der Waals surface area contributed by atoms with Gasteiger partial charge in [0.25, 0.3) is 0 Å². The van der Waals surface area contributed by atoms with E-state index in [1.807, 2.05) is 30.3 Å². The van der Waals surface area contributed by atoms with Gasteiger partial charge in [-0.1, -0.05) is 24.3 Å². The van der Waals surface area contributed by atoms with E-state index in [-0.39, 0.29) is 18.0 Å². The van der Waals surface area contributed by atoms with E-state index in [0.29, 0.717) is 43.6 Å².